The smallest absolute Gasteiger partial charge is 0.254 e. The summed E-state index contributed by atoms with van der Waals surface area (Å²) < 4.78 is 15.3. The summed E-state index contributed by atoms with van der Waals surface area (Å²) in [6.45, 7) is 0. The van der Waals surface area contributed by atoms with E-state index in [1.807, 2.05) is 0 Å². The van der Waals surface area contributed by atoms with E-state index < -0.39 is 23.2 Å². The number of nitriles is 1. The van der Waals surface area contributed by atoms with E-state index in [9.17, 15) is 19.6 Å². The first kappa shape index (κ1) is 19.7. The van der Waals surface area contributed by atoms with E-state index in [1.54, 1.807) is 10.7 Å². The lowest BCUT2D eigenvalue weighted by atomic mass is 9.73. The number of aromatic nitrogens is 2. The maximum absolute atomic E-state index is 13.7. The highest BCUT2D eigenvalue weighted by Crippen LogP contribution is 2.50. The van der Waals surface area contributed by atoms with Crippen molar-refractivity contribution in [2.45, 2.75) is 43.7 Å². The molecule has 2 aliphatic rings. The van der Waals surface area contributed by atoms with Crippen LogP contribution in [0.4, 0.5) is 15.9 Å². The summed E-state index contributed by atoms with van der Waals surface area (Å²) in [4.78, 5) is 11.9. The minimum Gasteiger partial charge on any atom is -0.390 e. The number of primary amides is 1. The van der Waals surface area contributed by atoms with Crippen molar-refractivity contribution in [3.8, 4) is 6.07 Å². The second kappa shape index (κ2) is 7.32. The number of nitrogens with zero attached hydrogens (tertiary/aromatic N) is 3. The number of anilines is 2. The van der Waals surface area contributed by atoms with Crippen LogP contribution in [0.15, 0.2) is 24.4 Å². The second-order valence-electron chi connectivity index (χ2n) is 7.91. The van der Waals surface area contributed by atoms with E-state index in [0.717, 1.165) is 12.8 Å². The van der Waals surface area contributed by atoms with Crippen LogP contribution in [0.1, 0.15) is 48.5 Å². The average Bonchev–Trinajstić information content (AvgIpc) is 3.46. The second-order valence-corrected chi connectivity index (χ2v) is 8.32. The molecule has 3 atom stereocenters. The lowest BCUT2D eigenvalue weighted by Gasteiger charge is -2.39. The first-order valence-corrected chi connectivity index (χ1v) is 9.91. The molecule has 9 heteroatoms. The SMILES string of the molecule is N#C[C@H]1C[C@@](O)(C2CC2)CC[C@@H]1n1cc(C(N)=O)c(Nc2ccc(Cl)c(F)c2)n1. The maximum Gasteiger partial charge on any atom is 0.254 e. The molecule has 152 valence electrons. The molecule has 1 heterocycles. The van der Waals surface area contributed by atoms with Crippen LogP contribution in [-0.4, -0.2) is 26.4 Å². The summed E-state index contributed by atoms with van der Waals surface area (Å²) >= 11 is 5.70. The van der Waals surface area contributed by atoms with Gasteiger partial charge in [-0.3, -0.25) is 9.48 Å². The molecule has 4 rings (SSSR count). The van der Waals surface area contributed by atoms with Crippen LogP contribution in [-0.2, 0) is 0 Å². The highest BCUT2D eigenvalue weighted by atomic mass is 35.5. The Hall–Kier alpha value is -2.63. The fraction of sp³-hybridized carbons (Fsp3) is 0.450. The molecule has 0 saturated heterocycles. The molecule has 2 fully saturated rings. The Morgan fingerprint density at radius 3 is 2.83 bits per heavy atom. The number of rotatable bonds is 5. The van der Waals surface area contributed by atoms with E-state index in [1.165, 1.54) is 18.3 Å². The van der Waals surface area contributed by atoms with Gasteiger partial charge >= 0.3 is 0 Å². The van der Waals surface area contributed by atoms with Crippen LogP contribution in [0.5, 0.6) is 0 Å². The maximum atomic E-state index is 13.7. The molecular weight excluding hydrogens is 397 g/mol. The molecule has 1 aromatic heterocycles. The zero-order valence-electron chi connectivity index (χ0n) is 15.6. The van der Waals surface area contributed by atoms with Crippen molar-refractivity contribution < 1.29 is 14.3 Å². The van der Waals surface area contributed by atoms with Crippen molar-refractivity contribution in [1.29, 1.82) is 5.26 Å². The van der Waals surface area contributed by atoms with E-state index >= 15 is 0 Å². The lowest BCUT2D eigenvalue weighted by Crippen LogP contribution is -2.41. The van der Waals surface area contributed by atoms with Gasteiger partial charge in [-0.2, -0.15) is 10.4 Å². The molecule has 0 radical (unpaired) electrons. The molecule has 29 heavy (non-hydrogen) atoms. The molecule has 0 bridgehead atoms. The molecule has 2 aromatic rings. The van der Waals surface area contributed by atoms with E-state index in [-0.39, 0.29) is 28.4 Å². The number of hydrogen-bond acceptors (Lipinski definition) is 5. The molecule has 1 aromatic carbocycles. The third-order valence-electron chi connectivity index (χ3n) is 5.93. The highest BCUT2D eigenvalue weighted by Gasteiger charge is 2.49. The number of nitrogens with one attached hydrogen (secondary N) is 1. The van der Waals surface area contributed by atoms with Crippen LogP contribution in [0, 0.1) is 29.0 Å². The summed E-state index contributed by atoms with van der Waals surface area (Å²) in [7, 11) is 0. The number of aliphatic hydroxyl groups is 1. The Kier molecular flexibility index (Phi) is 4.97. The van der Waals surface area contributed by atoms with Crippen LogP contribution < -0.4 is 11.1 Å². The summed E-state index contributed by atoms with van der Waals surface area (Å²) in [5.74, 6) is -1.27. The Labute approximate surface area is 172 Å². The summed E-state index contributed by atoms with van der Waals surface area (Å²) in [5.41, 5.74) is 5.20. The Bertz CT molecular complexity index is 999. The van der Waals surface area contributed by atoms with E-state index in [4.69, 9.17) is 17.3 Å². The van der Waals surface area contributed by atoms with Crippen molar-refractivity contribution in [3.05, 3.63) is 40.8 Å². The van der Waals surface area contributed by atoms with Crippen LogP contribution in [0.25, 0.3) is 0 Å². The summed E-state index contributed by atoms with van der Waals surface area (Å²) in [6, 6.07) is 6.16. The van der Waals surface area contributed by atoms with Crippen molar-refractivity contribution in [1.82, 2.24) is 9.78 Å². The van der Waals surface area contributed by atoms with Gasteiger partial charge in [-0.1, -0.05) is 11.6 Å². The Morgan fingerprint density at radius 2 is 2.21 bits per heavy atom. The van der Waals surface area contributed by atoms with Crippen LogP contribution >= 0.6 is 11.6 Å². The molecule has 2 saturated carbocycles. The number of carbonyl (C=O) groups excluding carboxylic acids is 1. The molecule has 1 amide bonds. The summed E-state index contributed by atoms with van der Waals surface area (Å²) in [5, 5.41) is 27.8. The predicted octanol–water partition coefficient (Wildman–Crippen LogP) is 3.52. The van der Waals surface area contributed by atoms with Crippen molar-refractivity contribution in [2.75, 3.05) is 5.32 Å². The molecule has 4 N–H and O–H groups in total. The quantitative estimate of drug-likeness (QED) is 0.688. The molecular formula is C20H21ClFN5O2. The monoisotopic (exact) mass is 417 g/mol. The van der Waals surface area contributed by atoms with Gasteiger partial charge in [0.25, 0.3) is 5.91 Å². The van der Waals surface area contributed by atoms with Gasteiger partial charge in [0, 0.05) is 11.9 Å². The number of benzene rings is 1. The van der Waals surface area contributed by atoms with E-state index in [0.29, 0.717) is 24.9 Å². The molecule has 0 spiro atoms. The Morgan fingerprint density at radius 1 is 1.45 bits per heavy atom. The largest absolute Gasteiger partial charge is 0.390 e. The zero-order valence-corrected chi connectivity index (χ0v) is 16.4. The van der Waals surface area contributed by atoms with Gasteiger partial charge < -0.3 is 16.2 Å². The minimum atomic E-state index is -0.793. The lowest BCUT2D eigenvalue weighted by molar-refractivity contribution is -0.0415. The van der Waals surface area contributed by atoms with Gasteiger partial charge in [-0.05, 0) is 56.2 Å². The third kappa shape index (κ3) is 3.80. The van der Waals surface area contributed by atoms with Gasteiger partial charge in [0.2, 0.25) is 0 Å². The molecule has 2 aliphatic carbocycles. The third-order valence-corrected chi connectivity index (χ3v) is 6.24. The Balaban J connectivity index is 1.61. The number of carbonyl (C=O) groups is 1. The van der Waals surface area contributed by atoms with Gasteiger partial charge in [-0.15, -0.1) is 0 Å². The number of hydrogen-bond donors (Lipinski definition) is 3. The van der Waals surface area contributed by atoms with Gasteiger partial charge in [0.15, 0.2) is 5.82 Å². The minimum absolute atomic E-state index is 0.0154. The van der Waals surface area contributed by atoms with Gasteiger partial charge in [-0.25, -0.2) is 4.39 Å². The van der Waals surface area contributed by atoms with Crippen molar-refractivity contribution in [3.63, 3.8) is 0 Å². The molecule has 7 nitrogen and oxygen atoms in total. The van der Waals surface area contributed by atoms with Crippen molar-refractivity contribution >= 4 is 29.0 Å². The standard InChI is InChI=1S/C20H21ClFN5O2/c21-15-4-3-13(7-16(15)22)25-19-14(18(24)28)10-27(26-19)17-5-6-20(29,12-1-2-12)8-11(17)9-23/h3-4,7,10-12,17,29H,1-2,5-6,8H2,(H2,24,28)(H,25,26)/t11-,17+,20-/m1/s1. The van der Waals surface area contributed by atoms with Gasteiger partial charge in [0.1, 0.15) is 11.4 Å². The number of amides is 1. The fourth-order valence-electron chi connectivity index (χ4n) is 4.20. The van der Waals surface area contributed by atoms with Crippen LogP contribution in [0.3, 0.4) is 0 Å². The number of nitrogens with two attached hydrogens (primary N) is 1. The first-order chi connectivity index (χ1) is 13.8. The fourth-order valence-corrected chi connectivity index (χ4v) is 4.32. The topological polar surface area (TPSA) is 117 Å². The first-order valence-electron chi connectivity index (χ1n) is 9.54. The van der Waals surface area contributed by atoms with Crippen molar-refractivity contribution in [2.24, 2.45) is 17.6 Å². The average molecular weight is 418 g/mol. The van der Waals surface area contributed by atoms with Crippen LogP contribution in [0.2, 0.25) is 5.02 Å². The van der Waals surface area contributed by atoms with E-state index in [2.05, 4.69) is 16.5 Å². The zero-order chi connectivity index (χ0) is 20.8. The normalized spacial score (nSPS) is 26.7. The predicted molar refractivity (Wildman–Crippen MR) is 105 cm³/mol. The highest BCUT2D eigenvalue weighted by molar-refractivity contribution is 6.30. The summed E-state index contributed by atoms with van der Waals surface area (Å²) in [6.07, 6.45) is 5.04. The molecule has 0 unspecified atom stereocenters. The number of halogens is 2. The molecule has 0 aliphatic heterocycles. The van der Waals surface area contributed by atoms with Gasteiger partial charge in [0.05, 0.1) is 28.7 Å².